The molecule has 0 aliphatic carbocycles. The lowest BCUT2D eigenvalue weighted by Crippen LogP contribution is -2.24. The molecule has 0 radical (unpaired) electrons. The predicted molar refractivity (Wildman–Crippen MR) is 72.5 cm³/mol. The Balaban J connectivity index is 2.29. The third kappa shape index (κ3) is 2.89. The van der Waals surface area contributed by atoms with Crippen LogP contribution in [-0.2, 0) is 4.79 Å². The molecule has 1 amide bonds. The summed E-state index contributed by atoms with van der Waals surface area (Å²) in [7, 11) is 0. The number of hydrogen-bond acceptors (Lipinski definition) is 4. The van der Waals surface area contributed by atoms with Crippen LogP contribution in [0.1, 0.15) is 33.6 Å². The normalized spacial score (nSPS) is 11.9. The summed E-state index contributed by atoms with van der Waals surface area (Å²) in [5.74, 6) is -1.07. The maximum absolute atomic E-state index is 12.2. The topological polar surface area (TPSA) is 66.4 Å². The molecular weight excluding hydrogens is 262 g/mol. The SMILES string of the molecule is CC(C(=O)NO)c1cccc(C(=O)c2cccs2)c1. The van der Waals surface area contributed by atoms with E-state index in [0.717, 1.165) is 0 Å². The van der Waals surface area contributed by atoms with Gasteiger partial charge in [0.25, 0.3) is 5.91 Å². The Hall–Kier alpha value is -1.98. The van der Waals surface area contributed by atoms with E-state index in [1.54, 1.807) is 42.7 Å². The van der Waals surface area contributed by atoms with Crippen LogP contribution in [0.15, 0.2) is 41.8 Å². The molecule has 0 saturated carbocycles. The molecule has 0 spiro atoms. The van der Waals surface area contributed by atoms with Gasteiger partial charge in [0.15, 0.2) is 0 Å². The van der Waals surface area contributed by atoms with Crippen LogP contribution in [0.5, 0.6) is 0 Å². The third-order valence-electron chi connectivity index (χ3n) is 2.90. The number of rotatable bonds is 4. The zero-order valence-electron chi connectivity index (χ0n) is 10.3. The molecule has 2 aromatic rings. The maximum Gasteiger partial charge on any atom is 0.250 e. The number of hydroxylamine groups is 1. The van der Waals surface area contributed by atoms with E-state index in [2.05, 4.69) is 0 Å². The highest BCUT2D eigenvalue weighted by Crippen LogP contribution is 2.20. The van der Waals surface area contributed by atoms with Gasteiger partial charge in [0.2, 0.25) is 5.78 Å². The zero-order chi connectivity index (χ0) is 13.8. The molecule has 5 heteroatoms. The van der Waals surface area contributed by atoms with Crippen molar-refractivity contribution in [2.24, 2.45) is 0 Å². The summed E-state index contributed by atoms with van der Waals surface area (Å²) in [4.78, 5) is 24.2. The van der Waals surface area contributed by atoms with E-state index in [0.29, 0.717) is 16.0 Å². The quantitative estimate of drug-likeness (QED) is 0.512. The minimum absolute atomic E-state index is 0.0616. The van der Waals surface area contributed by atoms with E-state index >= 15 is 0 Å². The van der Waals surface area contributed by atoms with E-state index in [-0.39, 0.29) is 5.78 Å². The number of carbonyl (C=O) groups is 2. The van der Waals surface area contributed by atoms with Crippen molar-refractivity contribution < 1.29 is 14.8 Å². The Morgan fingerprint density at radius 1 is 1.26 bits per heavy atom. The van der Waals surface area contributed by atoms with Gasteiger partial charge in [-0.15, -0.1) is 11.3 Å². The van der Waals surface area contributed by atoms with Crippen LogP contribution >= 0.6 is 11.3 Å². The fourth-order valence-corrected chi connectivity index (χ4v) is 2.43. The number of nitrogens with one attached hydrogen (secondary N) is 1. The van der Waals surface area contributed by atoms with Gasteiger partial charge in [0, 0.05) is 5.56 Å². The van der Waals surface area contributed by atoms with E-state index in [1.165, 1.54) is 11.3 Å². The molecule has 1 heterocycles. The minimum atomic E-state index is -0.513. The Morgan fingerprint density at radius 2 is 2.05 bits per heavy atom. The van der Waals surface area contributed by atoms with Gasteiger partial charge in [0.1, 0.15) is 0 Å². The lowest BCUT2D eigenvalue weighted by atomic mass is 9.97. The van der Waals surface area contributed by atoms with E-state index in [4.69, 9.17) is 5.21 Å². The second-order valence-electron chi connectivity index (χ2n) is 4.13. The van der Waals surface area contributed by atoms with E-state index in [9.17, 15) is 9.59 Å². The first-order valence-corrected chi connectivity index (χ1v) is 6.63. The van der Waals surface area contributed by atoms with Gasteiger partial charge in [0.05, 0.1) is 10.8 Å². The fourth-order valence-electron chi connectivity index (χ4n) is 1.75. The lowest BCUT2D eigenvalue weighted by molar-refractivity contribution is -0.130. The first-order chi connectivity index (χ1) is 9.13. The van der Waals surface area contributed by atoms with Gasteiger partial charge in [-0.1, -0.05) is 24.3 Å². The summed E-state index contributed by atoms with van der Waals surface area (Å²) in [6.07, 6.45) is 0. The van der Waals surface area contributed by atoms with Crippen LogP contribution in [0.4, 0.5) is 0 Å². The summed E-state index contributed by atoms with van der Waals surface area (Å²) in [5.41, 5.74) is 2.85. The molecule has 2 rings (SSSR count). The first kappa shape index (κ1) is 13.5. The van der Waals surface area contributed by atoms with Crippen molar-refractivity contribution in [3.05, 3.63) is 57.8 Å². The molecule has 0 bridgehead atoms. The lowest BCUT2D eigenvalue weighted by Gasteiger charge is -2.10. The Labute approximate surface area is 114 Å². The van der Waals surface area contributed by atoms with Gasteiger partial charge in [-0.05, 0) is 30.0 Å². The molecule has 1 aromatic carbocycles. The molecule has 98 valence electrons. The molecule has 0 saturated heterocycles. The summed E-state index contributed by atoms with van der Waals surface area (Å²) >= 11 is 1.38. The molecule has 1 aromatic heterocycles. The van der Waals surface area contributed by atoms with Crippen molar-refractivity contribution in [2.45, 2.75) is 12.8 Å². The molecule has 19 heavy (non-hydrogen) atoms. The van der Waals surface area contributed by atoms with Gasteiger partial charge in [-0.3, -0.25) is 14.8 Å². The van der Waals surface area contributed by atoms with Crippen molar-refractivity contribution in [1.29, 1.82) is 0 Å². The first-order valence-electron chi connectivity index (χ1n) is 5.75. The van der Waals surface area contributed by atoms with E-state index in [1.807, 2.05) is 11.4 Å². The van der Waals surface area contributed by atoms with Gasteiger partial charge < -0.3 is 0 Å². The van der Waals surface area contributed by atoms with Gasteiger partial charge >= 0.3 is 0 Å². The monoisotopic (exact) mass is 275 g/mol. The zero-order valence-corrected chi connectivity index (χ0v) is 11.1. The number of benzene rings is 1. The van der Waals surface area contributed by atoms with Crippen molar-refractivity contribution in [1.82, 2.24) is 5.48 Å². The molecule has 1 atom stereocenters. The molecule has 2 N–H and O–H groups in total. The van der Waals surface area contributed by atoms with Crippen LogP contribution in [-0.4, -0.2) is 16.9 Å². The van der Waals surface area contributed by atoms with Crippen LogP contribution in [0.25, 0.3) is 0 Å². The summed E-state index contributed by atoms with van der Waals surface area (Å²) in [6, 6.07) is 10.5. The Kier molecular flexibility index (Phi) is 4.09. The van der Waals surface area contributed by atoms with Gasteiger partial charge in [-0.2, -0.15) is 0 Å². The summed E-state index contributed by atoms with van der Waals surface area (Å²) in [6.45, 7) is 1.67. The predicted octanol–water partition coefficient (Wildman–Crippen LogP) is 2.59. The van der Waals surface area contributed by atoms with E-state index < -0.39 is 11.8 Å². The minimum Gasteiger partial charge on any atom is -0.289 e. The molecule has 0 aliphatic heterocycles. The van der Waals surface area contributed by atoms with Crippen molar-refractivity contribution >= 4 is 23.0 Å². The molecule has 0 fully saturated rings. The number of carbonyl (C=O) groups excluding carboxylic acids is 2. The van der Waals surface area contributed by atoms with Crippen molar-refractivity contribution in [2.75, 3.05) is 0 Å². The van der Waals surface area contributed by atoms with Crippen molar-refractivity contribution in [3.63, 3.8) is 0 Å². The molecule has 1 unspecified atom stereocenters. The third-order valence-corrected chi connectivity index (χ3v) is 3.77. The summed E-state index contributed by atoms with van der Waals surface area (Å²) < 4.78 is 0. The number of amides is 1. The maximum atomic E-state index is 12.2. The molecular formula is C14H13NO3S. The largest absolute Gasteiger partial charge is 0.289 e. The second-order valence-corrected chi connectivity index (χ2v) is 5.08. The number of thiophene rings is 1. The smallest absolute Gasteiger partial charge is 0.250 e. The number of hydrogen-bond donors (Lipinski definition) is 2. The Bertz CT molecular complexity index is 592. The summed E-state index contributed by atoms with van der Waals surface area (Å²) in [5, 5.41) is 10.5. The van der Waals surface area contributed by atoms with Crippen LogP contribution in [0, 0.1) is 0 Å². The second kappa shape index (κ2) is 5.77. The van der Waals surface area contributed by atoms with Crippen LogP contribution in [0.2, 0.25) is 0 Å². The van der Waals surface area contributed by atoms with Crippen molar-refractivity contribution in [3.8, 4) is 0 Å². The van der Waals surface area contributed by atoms with Crippen LogP contribution in [0.3, 0.4) is 0 Å². The Morgan fingerprint density at radius 3 is 2.68 bits per heavy atom. The average Bonchev–Trinajstić information content (AvgIpc) is 2.99. The average molecular weight is 275 g/mol. The standard InChI is InChI=1S/C14H13NO3S/c1-9(14(17)15-18)10-4-2-5-11(8-10)13(16)12-6-3-7-19-12/h2-9,18H,1H3,(H,15,17). The highest BCUT2D eigenvalue weighted by Gasteiger charge is 2.17. The number of ketones is 1. The molecule has 4 nitrogen and oxygen atoms in total. The van der Waals surface area contributed by atoms with Gasteiger partial charge in [-0.25, -0.2) is 5.48 Å². The highest BCUT2D eigenvalue weighted by atomic mass is 32.1. The molecule has 0 aliphatic rings. The highest BCUT2D eigenvalue weighted by molar-refractivity contribution is 7.12. The van der Waals surface area contributed by atoms with Crippen LogP contribution < -0.4 is 5.48 Å². The fraction of sp³-hybridized carbons (Fsp3) is 0.143.